The number of carbonyl (C=O) groups is 1. The van der Waals surface area contributed by atoms with E-state index >= 15 is 0 Å². The topological polar surface area (TPSA) is 93.0 Å². The Balaban J connectivity index is 1.51. The van der Waals surface area contributed by atoms with Crippen LogP contribution < -0.4 is 4.74 Å². The summed E-state index contributed by atoms with van der Waals surface area (Å²) in [6, 6.07) is 15.0. The maximum Gasteiger partial charge on any atom is 0.349 e. The lowest BCUT2D eigenvalue weighted by Crippen LogP contribution is -2.06. The summed E-state index contributed by atoms with van der Waals surface area (Å²) < 4.78 is 7.89. The lowest BCUT2D eigenvalue weighted by atomic mass is 10.1. The van der Waals surface area contributed by atoms with Crippen LogP contribution in [-0.4, -0.2) is 30.8 Å². The molecule has 2 aromatic carbocycles. The number of aromatic amines is 1. The molecule has 0 aliphatic heterocycles. The first-order valence-corrected chi connectivity index (χ1v) is 11.0. The zero-order valence-electron chi connectivity index (χ0n) is 16.8. The third-order valence-electron chi connectivity index (χ3n) is 5.14. The molecule has 0 amide bonds. The number of hydrogen-bond acceptors (Lipinski definition) is 5. The summed E-state index contributed by atoms with van der Waals surface area (Å²) in [5.41, 5.74) is 4.40. The number of nitrogens with zero attached hydrogens (tertiary/aromatic N) is 3. The van der Waals surface area contributed by atoms with Crippen LogP contribution in [0.25, 0.3) is 27.2 Å². The molecule has 1 atom stereocenters. The van der Waals surface area contributed by atoms with Crippen LogP contribution in [0.5, 0.6) is 5.75 Å². The highest BCUT2D eigenvalue weighted by Crippen LogP contribution is 2.37. The molecule has 32 heavy (non-hydrogen) atoms. The maximum absolute atomic E-state index is 11.9. The molecular weight excluding hydrogens is 448 g/mol. The van der Waals surface area contributed by atoms with Gasteiger partial charge in [0.25, 0.3) is 0 Å². The molecule has 0 saturated heterocycles. The monoisotopic (exact) mass is 464 g/mol. The third-order valence-corrected chi connectivity index (χ3v) is 6.59. The number of carboxylic acids is 1. The van der Waals surface area contributed by atoms with Crippen LogP contribution >= 0.6 is 22.9 Å². The molecule has 0 radical (unpaired) electrons. The van der Waals surface area contributed by atoms with E-state index in [2.05, 4.69) is 15.2 Å². The molecule has 0 aliphatic rings. The summed E-state index contributed by atoms with van der Waals surface area (Å²) in [4.78, 5) is 16.5. The number of hydrogen-bond donors (Lipinski definition) is 2. The minimum Gasteiger partial charge on any atom is -0.484 e. The smallest absolute Gasteiger partial charge is 0.349 e. The molecule has 0 unspecified atom stereocenters. The van der Waals surface area contributed by atoms with Crippen molar-refractivity contribution in [2.45, 2.75) is 13.0 Å². The molecule has 3 heterocycles. The summed E-state index contributed by atoms with van der Waals surface area (Å²) in [5.74, 6) is -0.754. The maximum atomic E-state index is 11.9. The van der Waals surface area contributed by atoms with Crippen molar-refractivity contribution in [3.05, 3.63) is 82.7 Å². The number of carboxylic acid groups (broad SMARTS) is 1. The number of nitrogens with one attached hydrogen (secondary N) is 1. The van der Waals surface area contributed by atoms with E-state index in [0.29, 0.717) is 15.8 Å². The molecule has 0 saturated carbocycles. The Hall–Kier alpha value is -3.62. The quantitative estimate of drug-likeness (QED) is 0.323. The number of aromatic carboxylic acids is 1. The molecule has 0 spiro atoms. The van der Waals surface area contributed by atoms with E-state index in [1.165, 1.54) is 0 Å². The fourth-order valence-corrected chi connectivity index (χ4v) is 4.76. The minimum absolute atomic E-state index is 0.121. The molecule has 0 bridgehead atoms. The van der Waals surface area contributed by atoms with Gasteiger partial charge in [-0.1, -0.05) is 35.9 Å². The zero-order chi connectivity index (χ0) is 22.2. The van der Waals surface area contributed by atoms with Gasteiger partial charge >= 0.3 is 5.97 Å². The first-order chi connectivity index (χ1) is 15.5. The largest absolute Gasteiger partial charge is 0.484 e. The van der Waals surface area contributed by atoms with E-state index in [1.807, 2.05) is 54.1 Å². The number of thiophene rings is 1. The molecule has 0 aliphatic carbocycles. The average molecular weight is 465 g/mol. The predicted molar refractivity (Wildman–Crippen MR) is 124 cm³/mol. The lowest BCUT2D eigenvalue weighted by molar-refractivity contribution is 0.0696. The SMILES string of the molecule is C[C@@H](Oc1cc(-n2cnc3cc(-c4cn[nH]c4)ccc32)sc1C(=O)O)c1ccccc1Cl. The highest BCUT2D eigenvalue weighted by atomic mass is 35.5. The van der Waals surface area contributed by atoms with E-state index in [-0.39, 0.29) is 4.88 Å². The fourth-order valence-electron chi connectivity index (χ4n) is 3.55. The van der Waals surface area contributed by atoms with Gasteiger partial charge in [0.05, 0.1) is 17.2 Å². The van der Waals surface area contributed by atoms with Gasteiger partial charge in [-0.25, -0.2) is 9.78 Å². The molecule has 2 N–H and O–H groups in total. The minimum atomic E-state index is -1.05. The summed E-state index contributed by atoms with van der Waals surface area (Å²) in [6.45, 7) is 1.84. The first kappa shape index (κ1) is 20.3. The van der Waals surface area contributed by atoms with Crippen molar-refractivity contribution >= 4 is 39.9 Å². The number of fused-ring (bicyclic) bond motifs is 1. The van der Waals surface area contributed by atoms with Gasteiger partial charge in [-0.15, -0.1) is 11.3 Å². The second-order valence-corrected chi connectivity index (χ2v) is 8.61. The number of rotatable bonds is 6. The number of benzene rings is 2. The zero-order valence-corrected chi connectivity index (χ0v) is 18.4. The highest BCUT2D eigenvalue weighted by Gasteiger charge is 2.22. The van der Waals surface area contributed by atoms with Crippen molar-refractivity contribution in [3.8, 4) is 21.9 Å². The van der Waals surface area contributed by atoms with Crippen molar-refractivity contribution in [2.24, 2.45) is 0 Å². The standard InChI is InChI=1S/C23H17ClN4O3S/c1-13(16-4-2-3-5-17(16)24)31-20-9-21(32-22(20)23(29)30)28-12-25-18-8-14(6-7-19(18)28)15-10-26-27-11-15/h2-13H,1H3,(H,26,27)(H,29,30)/t13-/m1/s1. The number of aromatic nitrogens is 4. The molecular formula is C23H17ClN4O3S. The summed E-state index contributed by atoms with van der Waals surface area (Å²) in [7, 11) is 0. The molecule has 160 valence electrons. The summed E-state index contributed by atoms with van der Waals surface area (Å²) in [6.07, 6.45) is 4.84. The number of ether oxygens (including phenoxy) is 1. The van der Waals surface area contributed by atoms with Crippen LogP contribution in [0.4, 0.5) is 0 Å². The van der Waals surface area contributed by atoms with Gasteiger partial charge in [0, 0.05) is 28.4 Å². The lowest BCUT2D eigenvalue weighted by Gasteiger charge is -2.15. The summed E-state index contributed by atoms with van der Waals surface area (Å²) in [5, 5.41) is 17.8. The van der Waals surface area contributed by atoms with Crippen LogP contribution in [0.2, 0.25) is 5.02 Å². The Morgan fingerprint density at radius 1 is 1.22 bits per heavy atom. The average Bonchev–Trinajstić information content (AvgIpc) is 3.53. The molecule has 0 fully saturated rings. The molecule has 9 heteroatoms. The van der Waals surface area contributed by atoms with Crippen molar-refractivity contribution in [2.75, 3.05) is 0 Å². The first-order valence-electron chi connectivity index (χ1n) is 9.76. The van der Waals surface area contributed by atoms with Gasteiger partial charge < -0.3 is 9.84 Å². The second-order valence-electron chi connectivity index (χ2n) is 7.17. The van der Waals surface area contributed by atoms with Crippen LogP contribution in [0.15, 0.2) is 67.3 Å². The number of halogens is 1. The van der Waals surface area contributed by atoms with Crippen molar-refractivity contribution in [1.29, 1.82) is 0 Å². The summed E-state index contributed by atoms with van der Waals surface area (Å²) >= 11 is 7.41. The molecule has 7 nitrogen and oxygen atoms in total. The van der Waals surface area contributed by atoms with Gasteiger partial charge in [0.15, 0.2) is 4.88 Å². The van der Waals surface area contributed by atoms with Gasteiger partial charge in [0.2, 0.25) is 0 Å². The number of imidazole rings is 1. The van der Waals surface area contributed by atoms with Crippen molar-refractivity contribution in [3.63, 3.8) is 0 Å². The van der Waals surface area contributed by atoms with E-state index < -0.39 is 12.1 Å². The fraction of sp³-hybridized carbons (Fsp3) is 0.0870. The normalized spacial score (nSPS) is 12.2. The van der Waals surface area contributed by atoms with E-state index in [0.717, 1.165) is 39.1 Å². The Bertz CT molecular complexity index is 1420. The van der Waals surface area contributed by atoms with E-state index in [1.54, 1.807) is 24.7 Å². The number of H-pyrrole nitrogens is 1. The van der Waals surface area contributed by atoms with Crippen LogP contribution in [-0.2, 0) is 0 Å². The van der Waals surface area contributed by atoms with E-state index in [4.69, 9.17) is 16.3 Å². The van der Waals surface area contributed by atoms with Gasteiger partial charge in [-0.2, -0.15) is 5.10 Å². The predicted octanol–water partition coefficient (Wildman–Crippen LogP) is 5.97. The Morgan fingerprint density at radius 2 is 2.06 bits per heavy atom. The van der Waals surface area contributed by atoms with Crippen LogP contribution in [0, 0.1) is 0 Å². The van der Waals surface area contributed by atoms with Crippen LogP contribution in [0.3, 0.4) is 0 Å². The Morgan fingerprint density at radius 3 is 2.81 bits per heavy atom. The van der Waals surface area contributed by atoms with Gasteiger partial charge in [-0.3, -0.25) is 9.67 Å². The molecule has 5 aromatic rings. The highest BCUT2D eigenvalue weighted by molar-refractivity contribution is 7.16. The van der Waals surface area contributed by atoms with Gasteiger partial charge in [0.1, 0.15) is 23.2 Å². The van der Waals surface area contributed by atoms with Crippen LogP contribution in [0.1, 0.15) is 28.3 Å². The Kier molecular flexibility index (Phi) is 5.16. The van der Waals surface area contributed by atoms with Gasteiger partial charge in [-0.05, 0) is 30.7 Å². The third kappa shape index (κ3) is 3.63. The molecule has 3 aromatic heterocycles. The van der Waals surface area contributed by atoms with Crippen molar-refractivity contribution in [1.82, 2.24) is 19.7 Å². The van der Waals surface area contributed by atoms with E-state index in [9.17, 15) is 9.90 Å². The second kappa shape index (κ2) is 8.14. The molecule has 5 rings (SSSR count). The van der Waals surface area contributed by atoms with Crippen molar-refractivity contribution < 1.29 is 14.6 Å². The Labute approximate surface area is 191 Å².